The van der Waals surface area contributed by atoms with Crippen LogP contribution in [0.4, 0.5) is 5.69 Å². The molecule has 2 aromatic heterocycles. The molecule has 0 bridgehead atoms. The number of carbonyl (C=O) groups excluding carboxylic acids is 1. The van der Waals surface area contributed by atoms with Crippen molar-refractivity contribution >= 4 is 21.4 Å². The third-order valence-electron chi connectivity index (χ3n) is 3.69. The summed E-state index contributed by atoms with van der Waals surface area (Å²) in [4.78, 5) is 18.0. The molecule has 0 fully saturated rings. The van der Waals surface area contributed by atoms with Crippen LogP contribution >= 0.6 is 0 Å². The average Bonchev–Trinajstić information content (AvgIpc) is 2.85. The van der Waals surface area contributed by atoms with Gasteiger partial charge in [0.1, 0.15) is 23.0 Å². The Hall–Kier alpha value is -2.42. The predicted octanol–water partition coefficient (Wildman–Crippen LogP) is 0.901. The van der Waals surface area contributed by atoms with Gasteiger partial charge in [-0.2, -0.15) is 4.73 Å². The quantitative estimate of drug-likeness (QED) is 0.559. The van der Waals surface area contributed by atoms with Gasteiger partial charge in [0.25, 0.3) is 5.91 Å². The molecule has 0 saturated carbocycles. The van der Waals surface area contributed by atoms with Crippen molar-refractivity contribution in [3.05, 3.63) is 47.4 Å². The maximum Gasteiger partial charge on any atom is 0.276 e. The molecule has 25 heavy (non-hydrogen) atoms. The number of imidazole rings is 1. The van der Waals surface area contributed by atoms with E-state index in [0.717, 1.165) is 0 Å². The highest BCUT2D eigenvalue weighted by Gasteiger charge is 2.23. The topological polar surface area (TPSA) is 99.2 Å². The van der Waals surface area contributed by atoms with Gasteiger partial charge in [0, 0.05) is 20.2 Å². The second kappa shape index (κ2) is 7.22. The van der Waals surface area contributed by atoms with Gasteiger partial charge in [-0.25, -0.2) is 13.4 Å². The second-order valence-corrected chi connectivity index (χ2v) is 8.46. The zero-order chi connectivity index (χ0) is 18.8. The minimum absolute atomic E-state index is 0.0226. The van der Waals surface area contributed by atoms with Crippen LogP contribution in [-0.2, 0) is 22.6 Å². The molecule has 0 saturated heterocycles. The molecule has 0 radical (unpaired) electrons. The van der Waals surface area contributed by atoms with Crippen LogP contribution in [0.2, 0.25) is 0 Å². The molecule has 0 atom stereocenters. The average molecular weight is 366 g/mol. The molecule has 0 aliphatic heterocycles. The van der Waals surface area contributed by atoms with E-state index in [-0.39, 0.29) is 29.0 Å². The van der Waals surface area contributed by atoms with E-state index < -0.39 is 9.84 Å². The van der Waals surface area contributed by atoms with E-state index in [9.17, 15) is 18.4 Å². The molecule has 0 N–H and O–H groups in total. The SMILES string of the molecule is CC(C)CS(=O)(=O)Cc1ncc(C(=O)N(C)c2ccc[n+]([O-])c2)n1C. The molecule has 0 spiro atoms. The molecule has 0 aromatic carbocycles. The summed E-state index contributed by atoms with van der Waals surface area (Å²) in [5, 5.41) is 11.4. The monoisotopic (exact) mass is 366 g/mol. The summed E-state index contributed by atoms with van der Waals surface area (Å²) in [6.07, 6.45) is 3.96. The van der Waals surface area contributed by atoms with Crippen LogP contribution in [0.25, 0.3) is 0 Å². The summed E-state index contributed by atoms with van der Waals surface area (Å²) >= 11 is 0. The van der Waals surface area contributed by atoms with Crippen molar-refractivity contribution in [3.63, 3.8) is 0 Å². The maximum atomic E-state index is 12.6. The Labute approximate surface area is 147 Å². The van der Waals surface area contributed by atoms with Crippen molar-refractivity contribution in [3.8, 4) is 0 Å². The zero-order valence-electron chi connectivity index (χ0n) is 14.7. The Balaban J connectivity index is 2.24. The molecule has 2 aromatic rings. The summed E-state index contributed by atoms with van der Waals surface area (Å²) in [5.41, 5.74) is 0.677. The van der Waals surface area contributed by atoms with Crippen LogP contribution in [0.3, 0.4) is 0 Å². The number of nitrogens with zero attached hydrogens (tertiary/aromatic N) is 4. The van der Waals surface area contributed by atoms with Gasteiger partial charge in [-0.15, -0.1) is 0 Å². The van der Waals surface area contributed by atoms with E-state index in [1.54, 1.807) is 26.2 Å². The van der Waals surface area contributed by atoms with Crippen molar-refractivity contribution in [2.45, 2.75) is 19.6 Å². The predicted molar refractivity (Wildman–Crippen MR) is 93.7 cm³/mol. The van der Waals surface area contributed by atoms with Crippen molar-refractivity contribution in [2.24, 2.45) is 13.0 Å². The molecular formula is C16H22N4O4S. The maximum absolute atomic E-state index is 12.6. The number of sulfone groups is 1. The van der Waals surface area contributed by atoms with E-state index in [1.165, 1.54) is 28.1 Å². The fourth-order valence-electron chi connectivity index (χ4n) is 2.47. The lowest BCUT2D eigenvalue weighted by Gasteiger charge is -2.16. The summed E-state index contributed by atoms with van der Waals surface area (Å²) < 4.78 is 26.4. The van der Waals surface area contributed by atoms with Gasteiger partial charge in [0.15, 0.2) is 16.0 Å². The minimum atomic E-state index is -3.30. The highest BCUT2D eigenvalue weighted by molar-refractivity contribution is 7.90. The van der Waals surface area contributed by atoms with E-state index in [2.05, 4.69) is 4.98 Å². The molecular weight excluding hydrogens is 344 g/mol. The first-order valence-corrected chi connectivity index (χ1v) is 9.61. The smallest absolute Gasteiger partial charge is 0.276 e. The zero-order valence-corrected chi connectivity index (χ0v) is 15.5. The second-order valence-electron chi connectivity index (χ2n) is 6.35. The number of hydrogen-bond donors (Lipinski definition) is 0. The molecule has 0 aliphatic carbocycles. The van der Waals surface area contributed by atoms with Crippen LogP contribution in [0, 0.1) is 11.1 Å². The Morgan fingerprint density at radius 2 is 2.12 bits per heavy atom. The Bertz CT molecular complexity index is 874. The van der Waals surface area contributed by atoms with Crippen LogP contribution in [0.5, 0.6) is 0 Å². The first-order valence-electron chi connectivity index (χ1n) is 7.78. The molecule has 0 aliphatic rings. The highest BCUT2D eigenvalue weighted by Crippen LogP contribution is 2.15. The van der Waals surface area contributed by atoms with E-state index in [4.69, 9.17) is 0 Å². The van der Waals surface area contributed by atoms with Gasteiger partial charge >= 0.3 is 0 Å². The Morgan fingerprint density at radius 1 is 1.44 bits per heavy atom. The largest absolute Gasteiger partial charge is 0.619 e. The van der Waals surface area contributed by atoms with Gasteiger partial charge < -0.3 is 14.7 Å². The lowest BCUT2D eigenvalue weighted by Crippen LogP contribution is -2.32. The van der Waals surface area contributed by atoms with Crippen LogP contribution < -0.4 is 9.63 Å². The molecule has 0 unspecified atom stereocenters. The molecule has 8 nitrogen and oxygen atoms in total. The van der Waals surface area contributed by atoms with Crippen molar-refractivity contribution in [1.82, 2.24) is 9.55 Å². The third-order valence-corrected chi connectivity index (χ3v) is 5.56. The Kier molecular flexibility index (Phi) is 5.46. The molecule has 2 heterocycles. The molecule has 2 rings (SSSR count). The first-order chi connectivity index (χ1) is 11.6. The summed E-state index contributed by atoms with van der Waals surface area (Å²) in [7, 11) is -0.154. The van der Waals surface area contributed by atoms with Crippen molar-refractivity contribution in [2.75, 3.05) is 17.7 Å². The van der Waals surface area contributed by atoms with Crippen molar-refractivity contribution in [1.29, 1.82) is 0 Å². The van der Waals surface area contributed by atoms with E-state index in [0.29, 0.717) is 16.2 Å². The fraction of sp³-hybridized carbons (Fsp3) is 0.438. The van der Waals surface area contributed by atoms with Gasteiger partial charge in [-0.3, -0.25) is 4.79 Å². The lowest BCUT2D eigenvalue weighted by molar-refractivity contribution is -0.604. The van der Waals surface area contributed by atoms with Crippen LogP contribution in [0.1, 0.15) is 30.2 Å². The van der Waals surface area contributed by atoms with Crippen LogP contribution in [-0.4, -0.2) is 36.7 Å². The van der Waals surface area contributed by atoms with Gasteiger partial charge in [-0.05, 0) is 12.0 Å². The van der Waals surface area contributed by atoms with Gasteiger partial charge in [-0.1, -0.05) is 13.8 Å². The third kappa shape index (κ3) is 4.56. The summed E-state index contributed by atoms with van der Waals surface area (Å²) in [6.45, 7) is 3.67. The summed E-state index contributed by atoms with van der Waals surface area (Å²) in [6, 6.07) is 3.18. The lowest BCUT2D eigenvalue weighted by atomic mass is 10.3. The fourth-order valence-corrected chi connectivity index (χ4v) is 4.27. The Morgan fingerprint density at radius 3 is 2.72 bits per heavy atom. The van der Waals surface area contributed by atoms with E-state index in [1.807, 2.05) is 13.8 Å². The standard InChI is InChI=1S/C16H22N4O4S/c1-12(2)10-25(23,24)11-15-17-8-14(19(15)4)16(21)18(3)13-6-5-7-20(22)9-13/h5-9,12H,10-11H2,1-4H3. The van der Waals surface area contributed by atoms with Crippen LogP contribution in [0.15, 0.2) is 30.7 Å². The van der Waals surface area contributed by atoms with Crippen molar-refractivity contribution < 1.29 is 17.9 Å². The molecule has 136 valence electrons. The number of hydrogen-bond acceptors (Lipinski definition) is 5. The summed E-state index contributed by atoms with van der Waals surface area (Å²) in [5.74, 6) is -0.200. The molecule has 1 amide bonds. The number of aromatic nitrogens is 3. The first kappa shape index (κ1) is 18.9. The molecule has 9 heteroatoms. The number of pyridine rings is 1. The van der Waals surface area contributed by atoms with E-state index >= 15 is 0 Å². The number of anilines is 1. The highest BCUT2D eigenvalue weighted by atomic mass is 32.2. The minimum Gasteiger partial charge on any atom is -0.619 e. The number of carbonyl (C=O) groups is 1. The number of rotatable bonds is 6. The number of amides is 1. The normalized spacial score (nSPS) is 11.7. The van der Waals surface area contributed by atoms with Gasteiger partial charge in [0.05, 0.1) is 11.9 Å². The van der Waals surface area contributed by atoms with Gasteiger partial charge in [0.2, 0.25) is 6.20 Å².